The molecule has 5 aliphatic rings. The van der Waals surface area contributed by atoms with Gasteiger partial charge in [0.05, 0.1) is 0 Å². The lowest BCUT2D eigenvalue weighted by atomic mass is 9.57. The fourth-order valence-corrected chi connectivity index (χ4v) is 5.22. The zero-order valence-corrected chi connectivity index (χ0v) is 11.7. The van der Waals surface area contributed by atoms with Crippen molar-refractivity contribution in [1.82, 2.24) is 10.2 Å². The van der Waals surface area contributed by atoms with Gasteiger partial charge in [0, 0.05) is 18.6 Å². The Balaban J connectivity index is 1.40. The van der Waals surface area contributed by atoms with Crippen LogP contribution in [-0.4, -0.2) is 36.6 Å². The molecule has 2 heteroatoms. The molecule has 2 unspecified atom stereocenters. The third kappa shape index (κ3) is 1.84. The summed E-state index contributed by atoms with van der Waals surface area (Å²) in [7, 11) is 0. The Morgan fingerprint density at radius 2 is 1.67 bits per heavy atom. The molecule has 0 aromatic carbocycles. The third-order valence-corrected chi connectivity index (χ3v) is 6.59. The molecule has 2 saturated carbocycles. The van der Waals surface area contributed by atoms with Gasteiger partial charge in [-0.25, -0.2) is 0 Å². The third-order valence-electron chi connectivity index (χ3n) is 6.59. The lowest BCUT2D eigenvalue weighted by Gasteiger charge is -2.56. The molecule has 3 heterocycles. The average Bonchev–Trinajstić information content (AvgIpc) is 2.46. The van der Waals surface area contributed by atoms with E-state index in [1.165, 1.54) is 77.4 Å². The molecule has 3 aliphatic heterocycles. The lowest BCUT2D eigenvalue weighted by molar-refractivity contribution is -0.0111. The maximum absolute atomic E-state index is 4.11. The van der Waals surface area contributed by atoms with Gasteiger partial charge in [-0.05, 0) is 62.9 Å². The number of piperidine rings is 3. The van der Waals surface area contributed by atoms with Crippen molar-refractivity contribution in [1.29, 1.82) is 0 Å². The van der Waals surface area contributed by atoms with Crippen LogP contribution in [0.25, 0.3) is 0 Å². The Hall–Kier alpha value is -0.0800. The van der Waals surface area contributed by atoms with Gasteiger partial charge in [0.2, 0.25) is 0 Å². The summed E-state index contributed by atoms with van der Waals surface area (Å²) in [6.45, 7) is 4.09. The minimum atomic E-state index is 0.740. The highest BCUT2D eigenvalue weighted by molar-refractivity contribution is 5.04. The van der Waals surface area contributed by atoms with Crippen molar-refractivity contribution in [3.8, 4) is 0 Å². The number of nitrogens with one attached hydrogen (secondary N) is 1. The monoisotopic (exact) mass is 248 g/mol. The van der Waals surface area contributed by atoms with Gasteiger partial charge in [-0.1, -0.05) is 19.3 Å². The SMILES string of the molecule is C1CCC2(CC1)CCC2NC1CN2CCC1CC2. The lowest BCUT2D eigenvalue weighted by Crippen LogP contribution is -2.63. The van der Waals surface area contributed by atoms with E-state index in [9.17, 15) is 0 Å². The van der Waals surface area contributed by atoms with Crippen molar-refractivity contribution in [3.05, 3.63) is 0 Å². The van der Waals surface area contributed by atoms with Crippen LogP contribution in [0.1, 0.15) is 57.8 Å². The van der Waals surface area contributed by atoms with E-state index in [0.717, 1.165) is 23.4 Å². The number of fused-ring (bicyclic) bond motifs is 3. The van der Waals surface area contributed by atoms with Gasteiger partial charge in [0.15, 0.2) is 0 Å². The Bertz CT molecular complexity index is 300. The van der Waals surface area contributed by atoms with Gasteiger partial charge in [-0.3, -0.25) is 0 Å². The van der Waals surface area contributed by atoms with Crippen LogP contribution in [0.2, 0.25) is 0 Å². The molecule has 1 N–H and O–H groups in total. The van der Waals surface area contributed by atoms with Gasteiger partial charge in [0.1, 0.15) is 0 Å². The summed E-state index contributed by atoms with van der Waals surface area (Å²) in [5.74, 6) is 0.997. The van der Waals surface area contributed by atoms with Crippen molar-refractivity contribution < 1.29 is 0 Å². The molecule has 18 heavy (non-hydrogen) atoms. The quantitative estimate of drug-likeness (QED) is 0.808. The standard InChI is InChI=1S/C16H28N2/c1-2-7-16(8-3-1)9-4-15(16)17-14-12-18-10-5-13(14)6-11-18/h13-15,17H,1-12H2. The van der Waals surface area contributed by atoms with E-state index in [1.54, 1.807) is 0 Å². The van der Waals surface area contributed by atoms with E-state index in [0.29, 0.717) is 0 Å². The van der Waals surface area contributed by atoms with Crippen LogP contribution in [0.5, 0.6) is 0 Å². The number of nitrogens with zero attached hydrogens (tertiary/aromatic N) is 1. The van der Waals surface area contributed by atoms with Crippen LogP contribution >= 0.6 is 0 Å². The number of rotatable bonds is 2. The van der Waals surface area contributed by atoms with Crippen LogP contribution in [-0.2, 0) is 0 Å². The Kier molecular flexibility index (Phi) is 2.92. The Labute approximate surface area is 111 Å². The molecule has 5 fully saturated rings. The number of hydrogen-bond donors (Lipinski definition) is 1. The zero-order valence-electron chi connectivity index (χ0n) is 11.7. The minimum Gasteiger partial charge on any atom is -0.309 e. The maximum Gasteiger partial charge on any atom is 0.0227 e. The van der Waals surface area contributed by atoms with Crippen molar-refractivity contribution in [3.63, 3.8) is 0 Å². The van der Waals surface area contributed by atoms with Gasteiger partial charge < -0.3 is 10.2 Å². The van der Waals surface area contributed by atoms with Crippen molar-refractivity contribution in [2.75, 3.05) is 19.6 Å². The van der Waals surface area contributed by atoms with Crippen LogP contribution in [0.4, 0.5) is 0 Å². The first-order chi connectivity index (χ1) is 8.86. The minimum absolute atomic E-state index is 0.740. The first-order valence-corrected chi connectivity index (χ1v) is 8.34. The van der Waals surface area contributed by atoms with E-state index in [4.69, 9.17) is 0 Å². The van der Waals surface area contributed by atoms with Gasteiger partial charge >= 0.3 is 0 Å². The van der Waals surface area contributed by atoms with Gasteiger partial charge in [0.25, 0.3) is 0 Å². The van der Waals surface area contributed by atoms with Gasteiger partial charge in [-0.15, -0.1) is 0 Å². The molecule has 0 radical (unpaired) electrons. The van der Waals surface area contributed by atoms with E-state index in [2.05, 4.69) is 10.2 Å². The molecular weight excluding hydrogens is 220 g/mol. The van der Waals surface area contributed by atoms with E-state index in [1.807, 2.05) is 0 Å². The molecule has 5 rings (SSSR count). The summed E-state index contributed by atoms with van der Waals surface area (Å²) >= 11 is 0. The molecule has 0 aromatic rings. The van der Waals surface area contributed by atoms with Crippen LogP contribution in [0.3, 0.4) is 0 Å². The molecular formula is C16H28N2. The van der Waals surface area contributed by atoms with Crippen molar-refractivity contribution in [2.24, 2.45) is 11.3 Å². The summed E-state index contributed by atoms with van der Waals surface area (Å²) in [5, 5.41) is 4.11. The highest BCUT2D eigenvalue weighted by Gasteiger charge is 2.48. The van der Waals surface area contributed by atoms with E-state index in [-0.39, 0.29) is 0 Å². The number of hydrogen-bond acceptors (Lipinski definition) is 2. The summed E-state index contributed by atoms with van der Waals surface area (Å²) in [5.41, 5.74) is 0.740. The van der Waals surface area contributed by atoms with Gasteiger partial charge in [-0.2, -0.15) is 0 Å². The van der Waals surface area contributed by atoms with Crippen LogP contribution in [0, 0.1) is 11.3 Å². The molecule has 2 nitrogen and oxygen atoms in total. The molecule has 0 amide bonds. The molecule has 2 atom stereocenters. The normalized spacial score (nSPS) is 46.0. The summed E-state index contributed by atoms with van der Waals surface area (Å²) < 4.78 is 0. The summed E-state index contributed by atoms with van der Waals surface area (Å²) in [6, 6.07) is 1.71. The summed E-state index contributed by atoms with van der Waals surface area (Å²) in [4.78, 5) is 2.68. The van der Waals surface area contributed by atoms with Crippen LogP contribution in [0.15, 0.2) is 0 Å². The highest BCUT2D eigenvalue weighted by Crippen LogP contribution is 2.52. The van der Waals surface area contributed by atoms with Crippen LogP contribution < -0.4 is 5.32 Å². The highest BCUT2D eigenvalue weighted by atomic mass is 15.2. The van der Waals surface area contributed by atoms with E-state index < -0.39 is 0 Å². The topological polar surface area (TPSA) is 15.3 Å². The first-order valence-electron chi connectivity index (χ1n) is 8.34. The molecule has 0 aromatic heterocycles. The molecule has 1 spiro atoms. The van der Waals surface area contributed by atoms with Crippen molar-refractivity contribution in [2.45, 2.75) is 69.9 Å². The molecule has 102 valence electrons. The molecule has 2 aliphatic carbocycles. The maximum atomic E-state index is 4.11. The largest absolute Gasteiger partial charge is 0.309 e. The smallest absolute Gasteiger partial charge is 0.0227 e. The Morgan fingerprint density at radius 3 is 2.22 bits per heavy atom. The zero-order chi connectivity index (χ0) is 12.0. The van der Waals surface area contributed by atoms with E-state index >= 15 is 0 Å². The second-order valence-corrected chi connectivity index (χ2v) is 7.43. The average molecular weight is 248 g/mol. The predicted octanol–water partition coefficient (Wildman–Crippen LogP) is 2.78. The second-order valence-electron chi connectivity index (χ2n) is 7.43. The predicted molar refractivity (Wildman–Crippen MR) is 74.6 cm³/mol. The Morgan fingerprint density at radius 1 is 0.889 bits per heavy atom. The summed E-state index contributed by atoms with van der Waals surface area (Å²) in [6.07, 6.45) is 13.4. The fraction of sp³-hybridized carbons (Fsp3) is 1.00. The van der Waals surface area contributed by atoms with Crippen molar-refractivity contribution >= 4 is 0 Å². The molecule has 3 saturated heterocycles. The second kappa shape index (κ2) is 4.49. The fourth-order valence-electron chi connectivity index (χ4n) is 5.22. The molecule has 2 bridgehead atoms. The first kappa shape index (κ1) is 11.7.